The first-order valence-corrected chi connectivity index (χ1v) is 12.0. The van der Waals surface area contributed by atoms with Crippen LogP contribution in [0.4, 0.5) is 22.2 Å². The predicted octanol–water partition coefficient (Wildman–Crippen LogP) is 2.63. The number of ether oxygens (including phenoxy) is 2. The van der Waals surface area contributed by atoms with Gasteiger partial charge in [-0.1, -0.05) is 0 Å². The summed E-state index contributed by atoms with van der Waals surface area (Å²) in [6.45, 7) is 10.0. The molecule has 35 heavy (non-hydrogen) atoms. The summed E-state index contributed by atoms with van der Waals surface area (Å²) in [4.78, 5) is 30.1. The standard InChI is InChI=1S/C24H30N8O3/c1-24(2,3)35-23(33)31-10-8-30(9-11-31)16-4-5-18(26-14-16)28-22-27-13-15-12-17-19-21(34-19)25-6-7-32(17)20(15)29-22/h4-5,12-14,19,21,25H,6-11H2,1-3H3,(H,26,27,28,29). The molecule has 0 aliphatic carbocycles. The summed E-state index contributed by atoms with van der Waals surface area (Å²) < 4.78 is 13.4. The van der Waals surface area contributed by atoms with Crippen LogP contribution < -0.4 is 15.5 Å². The van der Waals surface area contributed by atoms with Crippen molar-refractivity contribution in [1.29, 1.82) is 0 Å². The highest BCUT2D eigenvalue weighted by atomic mass is 16.6. The van der Waals surface area contributed by atoms with Gasteiger partial charge in [0.25, 0.3) is 0 Å². The van der Waals surface area contributed by atoms with E-state index in [2.05, 4.69) is 36.1 Å². The van der Waals surface area contributed by atoms with Crippen molar-refractivity contribution in [2.75, 3.05) is 42.9 Å². The van der Waals surface area contributed by atoms with Gasteiger partial charge in [0, 0.05) is 50.9 Å². The molecule has 11 heteroatoms. The highest BCUT2D eigenvalue weighted by molar-refractivity contribution is 5.78. The molecule has 2 fully saturated rings. The quantitative estimate of drug-likeness (QED) is 0.549. The van der Waals surface area contributed by atoms with Crippen LogP contribution in [0.25, 0.3) is 11.0 Å². The molecule has 184 valence electrons. The second-order valence-corrected chi connectivity index (χ2v) is 10.1. The van der Waals surface area contributed by atoms with Crippen LogP contribution in [0.5, 0.6) is 0 Å². The number of anilines is 3. The van der Waals surface area contributed by atoms with Gasteiger partial charge in [-0.05, 0) is 39.0 Å². The summed E-state index contributed by atoms with van der Waals surface area (Å²) in [5.41, 5.74) is 2.58. The predicted molar refractivity (Wildman–Crippen MR) is 131 cm³/mol. The Labute approximate surface area is 203 Å². The Balaban J connectivity index is 1.10. The zero-order valence-electron chi connectivity index (χ0n) is 20.2. The second-order valence-electron chi connectivity index (χ2n) is 10.1. The zero-order chi connectivity index (χ0) is 24.2. The summed E-state index contributed by atoms with van der Waals surface area (Å²) in [5.74, 6) is 1.19. The van der Waals surface area contributed by atoms with Crippen LogP contribution in [-0.4, -0.2) is 75.1 Å². The fraction of sp³-hybridized carbons (Fsp3) is 0.500. The van der Waals surface area contributed by atoms with Crippen molar-refractivity contribution in [2.45, 2.75) is 45.2 Å². The van der Waals surface area contributed by atoms with E-state index in [1.54, 1.807) is 4.90 Å². The maximum absolute atomic E-state index is 12.3. The van der Waals surface area contributed by atoms with Gasteiger partial charge >= 0.3 is 6.09 Å². The summed E-state index contributed by atoms with van der Waals surface area (Å²) >= 11 is 0. The number of carbonyl (C=O) groups is 1. The lowest BCUT2D eigenvalue weighted by molar-refractivity contribution is 0.0240. The summed E-state index contributed by atoms with van der Waals surface area (Å²) in [5, 5.41) is 7.61. The van der Waals surface area contributed by atoms with Crippen molar-refractivity contribution in [3.05, 3.63) is 36.3 Å². The minimum absolute atomic E-state index is 0.100. The van der Waals surface area contributed by atoms with Crippen LogP contribution in [0.3, 0.4) is 0 Å². The van der Waals surface area contributed by atoms with Crippen LogP contribution >= 0.6 is 0 Å². The Morgan fingerprint density at radius 2 is 1.97 bits per heavy atom. The topological polar surface area (TPSA) is 113 Å². The number of amides is 1. The lowest BCUT2D eigenvalue weighted by atomic mass is 10.2. The normalized spacial score (nSPS) is 21.8. The van der Waals surface area contributed by atoms with E-state index in [9.17, 15) is 4.79 Å². The van der Waals surface area contributed by atoms with E-state index >= 15 is 0 Å². The third-order valence-electron chi connectivity index (χ3n) is 6.41. The molecule has 2 unspecified atom stereocenters. The Morgan fingerprint density at radius 3 is 2.71 bits per heavy atom. The number of pyridine rings is 1. The first-order chi connectivity index (χ1) is 16.8. The first-order valence-electron chi connectivity index (χ1n) is 12.0. The lowest BCUT2D eigenvalue weighted by Gasteiger charge is -2.36. The van der Waals surface area contributed by atoms with E-state index in [0.29, 0.717) is 24.9 Å². The molecule has 3 aromatic heterocycles. The Hall–Kier alpha value is -3.44. The van der Waals surface area contributed by atoms with Crippen LogP contribution in [0, 0.1) is 0 Å². The largest absolute Gasteiger partial charge is 0.444 e. The van der Waals surface area contributed by atoms with Crippen LogP contribution in [0.15, 0.2) is 30.6 Å². The molecule has 0 bridgehead atoms. The first kappa shape index (κ1) is 22.1. The molecule has 0 aromatic carbocycles. The summed E-state index contributed by atoms with van der Waals surface area (Å²) in [7, 11) is 0. The van der Waals surface area contributed by atoms with Crippen LogP contribution in [-0.2, 0) is 16.0 Å². The third-order valence-corrected chi connectivity index (χ3v) is 6.41. The minimum atomic E-state index is -0.485. The number of aromatic nitrogens is 4. The van der Waals surface area contributed by atoms with E-state index in [-0.39, 0.29) is 18.4 Å². The van der Waals surface area contributed by atoms with Crippen LogP contribution in [0.2, 0.25) is 0 Å². The molecule has 3 aliphatic heterocycles. The number of piperazine rings is 1. The molecule has 3 aliphatic rings. The maximum atomic E-state index is 12.3. The summed E-state index contributed by atoms with van der Waals surface area (Å²) in [6, 6.07) is 6.07. The fourth-order valence-corrected chi connectivity index (χ4v) is 4.64. The lowest BCUT2D eigenvalue weighted by Crippen LogP contribution is -2.50. The molecule has 3 aromatic rings. The van der Waals surface area contributed by atoms with Crippen LogP contribution in [0.1, 0.15) is 32.6 Å². The monoisotopic (exact) mass is 478 g/mol. The molecule has 0 saturated carbocycles. The van der Waals surface area contributed by atoms with E-state index in [1.165, 1.54) is 0 Å². The molecular weight excluding hydrogens is 448 g/mol. The van der Waals surface area contributed by atoms with Crippen molar-refractivity contribution in [3.8, 4) is 0 Å². The number of nitrogens with one attached hydrogen (secondary N) is 2. The Morgan fingerprint density at radius 1 is 1.14 bits per heavy atom. The SMILES string of the molecule is CC(C)(C)OC(=O)N1CCN(c2ccc(Nc3ncc4cc5n(c4n3)CCNC3OC53)nc2)CC1. The van der Waals surface area contributed by atoms with Gasteiger partial charge in [0.05, 0.1) is 17.6 Å². The molecule has 1 amide bonds. The summed E-state index contributed by atoms with van der Waals surface area (Å²) in [6.07, 6.45) is 3.64. The Kier molecular flexibility index (Phi) is 5.26. The highest BCUT2D eigenvalue weighted by Gasteiger charge is 2.44. The van der Waals surface area contributed by atoms with Gasteiger partial charge in [-0.15, -0.1) is 0 Å². The van der Waals surface area contributed by atoms with E-state index in [1.807, 2.05) is 45.3 Å². The molecule has 6 rings (SSSR count). The van der Waals surface area contributed by atoms with Gasteiger partial charge in [0.2, 0.25) is 5.95 Å². The van der Waals surface area contributed by atoms with Gasteiger partial charge in [-0.3, -0.25) is 5.32 Å². The fourth-order valence-electron chi connectivity index (χ4n) is 4.64. The molecule has 11 nitrogen and oxygen atoms in total. The molecule has 6 heterocycles. The van der Waals surface area contributed by atoms with Crippen molar-refractivity contribution in [1.82, 2.24) is 29.7 Å². The average Bonchev–Trinajstić information content (AvgIpc) is 3.54. The number of hydrogen-bond donors (Lipinski definition) is 2. The second kappa shape index (κ2) is 8.35. The molecule has 2 atom stereocenters. The van der Waals surface area contributed by atoms with E-state index in [4.69, 9.17) is 14.5 Å². The molecule has 2 saturated heterocycles. The van der Waals surface area contributed by atoms with Gasteiger partial charge in [-0.2, -0.15) is 4.98 Å². The molecule has 0 radical (unpaired) electrons. The van der Waals surface area contributed by atoms with Gasteiger partial charge in [-0.25, -0.2) is 14.8 Å². The number of epoxide rings is 1. The average molecular weight is 479 g/mol. The van der Waals surface area contributed by atoms with Gasteiger partial charge < -0.3 is 29.2 Å². The number of rotatable bonds is 3. The molecular formula is C24H30N8O3. The van der Waals surface area contributed by atoms with E-state index < -0.39 is 5.60 Å². The van der Waals surface area contributed by atoms with Gasteiger partial charge in [0.15, 0.2) is 0 Å². The van der Waals surface area contributed by atoms with Crippen molar-refractivity contribution in [2.24, 2.45) is 0 Å². The minimum Gasteiger partial charge on any atom is -0.444 e. The highest BCUT2D eigenvalue weighted by Crippen LogP contribution is 2.40. The number of carbonyl (C=O) groups excluding carboxylic acids is 1. The van der Waals surface area contributed by atoms with Crippen molar-refractivity contribution < 1.29 is 14.3 Å². The zero-order valence-corrected chi connectivity index (χ0v) is 20.2. The number of fused-ring (bicyclic) bond motifs is 5. The smallest absolute Gasteiger partial charge is 0.410 e. The number of nitrogens with zero attached hydrogens (tertiary/aromatic N) is 6. The van der Waals surface area contributed by atoms with Crippen molar-refractivity contribution in [3.63, 3.8) is 0 Å². The third kappa shape index (κ3) is 4.48. The maximum Gasteiger partial charge on any atom is 0.410 e. The van der Waals surface area contributed by atoms with Gasteiger partial charge in [0.1, 0.15) is 29.4 Å². The Bertz CT molecular complexity index is 1240. The van der Waals surface area contributed by atoms with E-state index in [0.717, 1.165) is 48.6 Å². The number of hydrogen-bond acceptors (Lipinski definition) is 9. The van der Waals surface area contributed by atoms with Crippen molar-refractivity contribution >= 4 is 34.6 Å². The molecule has 2 N–H and O–H groups in total. The molecule has 0 spiro atoms.